The van der Waals surface area contributed by atoms with Crippen molar-refractivity contribution >= 4 is 5.97 Å². The van der Waals surface area contributed by atoms with Crippen molar-refractivity contribution in [3.05, 3.63) is 65.2 Å². The molecule has 138 valence electrons. The van der Waals surface area contributed by atoms with Gasteiger partial charge in [-0.2, -0.15) is 0 Å². The van der Waals surface area contributed by atoms with E-state index in [0.29, 0.717) is 5.92 Å². The number of benzene rings is 2. The van der Waals surface area contributed by atoms with E-state index in [1.807, 2.05) is 24.1 Å². The quantitative estimate of drug-likeness (QED) is 0.858. The molecule has 1 N–H and O–H groups in total. The van der Waals surface area contributed by atoms with Crippen molar-refractivity contribution in [1.29, 1.82) is 0 Å². The molecule has 0 aromatic heterocycles. The molecule has 0 saturated carbocycles. The summed E-state index contributed by atoms with van der Waals surface area (Å²) in [5.74, 6) is 0.773. The van der Waals surface area contributed by atoms with Gasteiger partial charge in [0.25, 0.3) is 0 Å². The van der Waals surface area contributed by atoms with E-state index in [1.165, 1.54) is 16.7 Å². The highest BCUT2D eigenvalue weighted by molar-refractivity contribution is 5.72. The Hall–Kier alpha value is -2.33. The maximum atomic E-state index is 11.3. The summed E-state index contributed by atoms with van der Waals surface area (Å²) in [6.45, 7) is 2.51. The van der Waals surface area contributed by atoms with Gasteiger partial charge >= 0.3 is 5.97 Å². The summed E-state index contributed by atoms with van der Waals surface area (Å²) < 4.78 is 5.40. The molecule has 3 rings (SSSR count). The fourth-order valence-electron chi connectivity index (χ4n) is 4.02. The number of aliphatic carboxylic acids is 1. The number of aryl methyl sites for hydroxylation is 1. The maximum absolute atomic E-state index is 11.3. The van der Waals surface area contributed by atoms with Crippen LogP contribution < -0.4 is 4.74 Å². The van der Waals surface area contributed by atoms with Crippen LogP contribution in [-0.2, 0) is 11.2 Å². The molecule has 4 nitrogen and oxygen atoms in total. The van der Waals surface area contributed by atoms with Crippen molar-refractivity contribution in [2.24, 2.45) is 5.92 Å². The molecule has 0 aliphatic heterocycles. The van der Waals surface area contributed by atoms with E-state index in [1.54, 1.807) is 14.0 Å². The van der Waals surface area contributed by atoms with Crippen molar-refractivity contribution in [3.63, 3.8) is 0 Å². The minimum Gasteiger partial charge on any atom is -0.497 e. The van der Waals surface area contributed by atoms with E-state index in [2.05, 4.69) is 36.4 Å². The summed E-state index contributed by atoms with van der Waals surface area (Å²) in [7, 11) is 3.61. The van der Waals surface area contributed by atoms with Gasteiger partial charge in [-0.1, -0.05) is 36.4 Å². The van der Waals surface area contributed by atoms with E-state index in [9.17, 15) is 9.90 Å². The minimum absolute atomic E-state index is 0.273. The van der Waals surface area contributed by atoms with E-state index in [-0.39, 0.29) is 5.92 Å². The molecule has 2 aromatic rings. The first-order valence-corrected chi connectivity index (χ1v) is 9.16. The summed E-state index contributed by atoms with van der Waals surface area (Å²) in [5, 5.41) is 9.32. The number of methoxy groups -OCH3 is 1. The lowest BCUT2D eigenvalue weighted by molar-refractivity contribution is -0.142. The zero-order valence-corrected chi connectivity index (χ0v) is 15.7. The van der Waals surface area contributed by atoms with Crippen LogP contribution in [0.5, 0.6) is 5.75 Å². The molecule has 1 aliphatic carbocycles. The number of hydrogen-bond acceptors (Lipinski definition) is 3. The third-order valence-corrected chi connectivity index (χ3v) is 5.64. The second-order valence-electron chi connectivity index (χ2n) is 7.21. The van der Waals surface area contributed by atoms with E-state index < -0.39 is 12.0 Å². The fourth-order valence-corrected chi connectivity index (χ4v) is 4.02. The van der Waals surface area contributed by atoms with Crippen LogP contribution in [0.3, 0.4) is 0 Å². The van der Waals surface area contributed by atoms with Crippen LogP contribution in [0.15, 0.2) is 48.5 Å². The average Bonchev–Trinajstić information content (AvgIpc) is 2.67. The molecule has 2 aromatic carbocycles. The van der Waals surface area contributed by atoms with Crippen LogP contribution in [-0.4, -0.2) is 42.7 Å². The van der Waals surface area contributed by atoms with E-state index >= 15 is 0 Å². The standard InChI is InChI=1S/C22H27NO3/c1-15(22(24)25)23(2)14-18-10-9-17-13-19(26-3)11-12-20(17)21(18)16-7-5-4-6-8-16/h4-8,11-13,15,18,21H,9-10,14H2,1-3H3,(H,24,25). The first-order valence-electron chi connectivity index (χ1n) is 9.16. The van der Waals surface area contributed by atoms with Crippen molar-refractivity contribution in [2.45, 2.75) is 31.7 Å². The number of nitrogens with zero attached hydrogens (tertiary/aromatic N) is 1. The largest absolute Gasteiger partial charge is 0.497 e. The first-order chi connectivity index (χ1) is 12.5. The second-order valence-corrected chi connectivity index (χ2v) is 7.21. The van der Waals surface area contributed by atoms with Gasteiger partial charge in [-0.3, -0.25) is 9.69 Å². The summed E-state index contributed by atoms with van der Waals surface area (Å²) >= 11 is 0. The molecule has 0 saturated heterocycles. The third-order valence-electron chi connectivity index (χ3n) is 5.64. The Balaban J connectivity index is 1.95. The smallest absolute Gasteiger partial charge is 0.320 e. The Labute approximate surface area is 155 Å². The molecular weight excluding hydrogens is 326 g/mol. The molecule has 0 bridgehead atoms. The van der Waals surface area contributed by atoms with Crippen molar-refractivity contribution in [2.75, 3.05) is 20.7 Å². The zero-order chi connectivity index (χ0) is 18.7. The van der Waals surface area contributed by atoms with Gasteiger partial charge in [-0.15, -0.1) is 0 Å². The third kappa shape index (κ3) is 3.75. The van der Waals surface area contributed by atoms with Crippen LogP contribution in [0.1, 0.15) is 36.0 Å². The normalized spacial score (nSPS) is 20.5. The van der Waals surface area contributed by atoms with E-state index in [4.69, 9.17) is 4.74 Å². The summed E-state index contributed by atoms with van der Waals surface area (Å²) in [4.78, 5) is 13.3. The van der Waals surface area contributed by atoms with Crippen LogP contribution in [0.2, 0.25) is 0 Å². The molecule has 4 heteroatoms. The highest BCUT2D eigenvalue weighted by atomic mass is 16.5. The highest BCUT2D eigenvalue weighted by Gasteiger charge is 2.33. The lowest BCUT2D eigenvalue weighted by Crippen LogP contribution is -2.41. The predicted molar refractivity (Wildman–Crippen MR) is 103 cm³/mol. The molecule has 0 heterocycles. The summed E-state index contributed by atoms with van der Waals surface area (Å²) in [5.41, 5.74) is 3.97. The molecule has 0 spiro atoms. The lowest BCUT2D eigenvalue weighted by Gasteiger charge is -2.37. The molecule has 0 fully saturated rings. The number of rotatable bonds is 6. The van der Waals surface area contributed by atoms with Gasteiger partial charge in [0.15, 0.2) is 0 Å². The number of hydrogen-bond donors (Lipinski definition) is 1. The Morgan fingerprint density at radius 1 is 1.27 bits per heavy atom. The number of likely N-dealkylation sites (N-methyl/N-ethyl adjacent to an activating group) is 1. The van der Waals surface area contributed by atoms with Crippen molar-refractivity contribution in [3.8, 4) is 5.75 Å². The monoisotopic (exact) mass is 353 g/mol. The van der Waals surface area contributed by atoms with Crippen LogP contribution in [0.25, 0.3) is 0 Å². The minimum atomic E-state index is -0.773. The van der Waals surface area contributed by atoms with Gasteiger partial charge < -0.3 is 9.84 Å². The Kier molecular flexibility index (Phi) is 5.62. The molecule has 0 radical (unpaired) electrons. The van der Waals surface area contributed by atoms with Gasteiger partial charge in [-0.05, 0) is 61.6 Å². The molecule has 1 aliphatic rings. The topological polar surface area (TPSA) is 49.8 Å². The first kappa shape index (κ1) is 18.5. The van der Waals surface area contributed by atoms with Crippen molar-refractivity contribution in [1.82, 2.24) is 4.90 Å². The lowest BCUT2D eigenvalue weighted by atomic mass is 9.71. The summed E-state index contributed by atoms with van der Waals surface area (Å²) in [6.07, 6.45) is 2.03. The fraction of sp³-hybridized carbons (Fsp3) is 0.409. The zero-order valence-electron chi connectivity index (χ0n) is 15.7. The molecule has 3 unspecified atom stereocenters. The Morgan fingerprint density at radius 2 is 2.00 bits per heavy atom. The molecule has 3 atom stereocenters. The number of ether oxygens (including phenoxy) is 1. The van der Waals surface area contributed by atoms with Gasteiger partial charge in [0.1, 0.15) is 11.8 Å². The van der Waals surface area contributed by atoms with Crippen LogP contribution >= 0.6 is 0 Å². The molecule has 26 heavy (non-hydrogen) atoms. The average molecular weight is 353 g/mol. The highest BCUT2D eigenvalue weighted by Crippen LogP contribution is 2.42. The Bertz CT molecular complexity index is 759. The summed E-state index contributed by atoms with van der Waals surface area (Å²) in [6, 6.07) is 16.4. The second kappa shape index (κ2) is 7.92. The molecular formula is C22H27NO3. The number of fused-ring (bicyclic) bond motifs is 1. The number of carboxylic acid groups (broad SMARTS) is 1. The number of carboxylic acids is 1. The number of carbonyl (C=O) groups is 1. The van der Waals surface area contributed by atoms with Gasteiger partial charge in [0, 0.05) is 12.5 Å². The van der Waals surface area contributed by atoms with Gasteiger partial charge in [-0.25, -0.2) is 0 Å². The van der Waals surface area contributed by atoms with Crippen LogP contribution in [0.4, 0.5) is 0 Å². The van der Waals surface area contributed by atoms with Crippen molar-refractivity contribution < 1.29 is 14.6 Å². The SMILES string of the molecule is COc1ccc2c(c1)CCC(CN(C)C(C)C(=O)O)C2c1ccccc1. The maximum Gasteiger partial charge on any atom is 0.320 e. The molecule has 0 amide bonds. The predicted octanol–water partition coefficient (Wildman–Crippen LogP) is 3.79. The van der Waals surface area contributed by atoms with Gasteiger partial charge in [0.05, 0.1) is 7.11 Å². The van der Waals surface area contributed by atoms with E-state index in [0.717, 1.165) is 25.1 Å². The van der Waals surface area contributed by atoms with Gasteiger partial charge in [0.2, 0.25) is 0 Å². The van der Waals surface area contributed by atoms with Crippen LogP contribution in [0, 0.1) is 5.92 Å². The Morgan fingerprint density at radius 3 is 2.65 bits per heavy atom.